The van der Waals surface area contributed by atoms with Crippen molar-refractivity contribution in [3.8, 4) is 89.1 Å². The monoisotopic (exact) mass is 1340 g/mol. The lowest BCUT2D eigenvalue weighted by atomic mass is 9.77. The molecule has 11 heteroatoms. The summed E-state index contributed by atoms with van der Waals surface area (Å²) < 4.78 is 24.6. The van der Waals surface area contributed by atoms with Gasteiger partial charge in [0.1, 0.15) is 40.5 Å². The van der Waals surface area contributed by atoms with E-state index >= 15 is 0 Å². The Bertz CT molecular complexity index is 5850. The molecule has 1 fully saturated rings. The quantitative estimate of drug-likeness (QED) is 0.120. The average Bonchev–Trinajstić information content (AvgIpc) is 1.59. The lowest BCUT2D eigenvalue weighted by molar-refractivity contribution is 0.00578. The van der Waals surface area contributed by atoms with Gasteiger partial charge in [-0.25, -0.2) is 19.9 Å². The van der Waals surface area contributed by atoms with Crippen LogP contribution in [-0.2, 0) is 25.6 Å². The smallest absolute Gasteiger partial charge is 0.452 e. The number of furan rings is 2. The molecule has 11 aromatic carbocycles. The van der Waals surface area contributed by atoms with Gasteiger partial charge in [-0.2, -0.15) is 0 Å². The number of aromatic nitrogens is 4. The summed E-state index contributed by atoms with van der Waals surface area (Å²) in [5.41, 5.74) is 32.1. The Labute approximate surface area is 592 Å². The summed E-state index contributed by atoms with van der Waals surface area (Å²) in [6.45, 7) is 22.3. The Morgan fingerprint density at radius 2 is 0.690 bits per heavy atom. The van der Waals surface area contributed by atoms with Crippen molar-refractivity contribution >= 4 is 79.9 Å². The van der Waals surface area contributed by atoms with E-state index in [0.29, 0.717) is 32.4 Å². The van der Waals surface area contributed by atoms with Crippen molar-refractivity contribution in [2.24, 2.45) is 0 Å². The topological polar surface area (TPSA) is 96.3 Å². The summed E-state index contributed by atoms with van der Waals surface area (Å²) in [7, 11) is -0.343. The molecule has 15 aromatic rings. The zero-order chi connectivity index (χ0) is 68.8. The molecule has 0 saturated carbocycles. The summed E-state index contributed by atoms with van der Waals surface area (Å²) in [6, 6.07) is 84.9. The number of rotatable bonds is 6. The van der Waals surface area contributed by atoms with Gasteiger partial charge in [0.05, 0.1) is 11.2 Å². The largest absolute Gasteiger partial charge is 0.494 e. The summed E-state index contributed by atoms with van der Waals surface area (Å²) in [5, 5.41) is 2.78. The Morgan fingerprint density at radius 1 is 0.310 bits per heavy atom. The fraction of sp³-hybridized carbons (Fsp3) is 0.169. The second-order valence-corrected chi connectivity index (χ2v) is 30.3. The zero-order valence-electron chi connectivity index (χ0n) is 57.4. The molecule has 0 radical (unpaired) electrons. The van der Waals surface area contributed by atoms with Gasteiger partial charge in [-0.1, -0.05) is 241 Å². The molecule has 0 atom stereocenters. The Hall–Kier alpha value is -10.3. The second-order valence-electron chi connectivity index (χ2n) is 29.5. The van der Waals surface area contributed by atoms with Crippen LogP contribution in [0.5, 0.6) is 0 Å². The zero-order valence-corrected chi connectivity index (χ0v) is 58.9. The number of hydrogen-bond acceptors (Lipinski definition) is 8. The molecule has 1 aliphatic heterocycles. The van der Waals surface area contributed by atoms with Gasteiger partial charge in [-0.05, 0) is 205 Å². The Morgan fingerprint density at radius 3 is 1.21 bits per heavy atom. The molecule has 0 bridgehead atoms. The van der Waals surface area contributed by atoms with E-state index in [-0.39, 0.29) is 34.6 Å². The van der Waals surface area contributed by atoms with E-state index in [1.54, 1.807) is 24.5 Å². The molecule has 1 saturated heterocycles. The third-order valence-corrected chi connectivity index (χ3v) is 22.4. The minimum atomic E-state index is -0.343. The van der Waals surface area contributed by atoms with Gasteiger partial charge in [-0.3, -0.25) is 0 Å². The molecule has 5 heterocycles. The summed E-state index contributed by atoms with van der Waals surface area (Å²) in [5.74, 6) is 0. The first kappa shape index (κ1) is 63.2. The molecule has 0 spiro atoms. The number of fused-ring (bicyclic) bond motifs is 15. The fourth-order valence-electron chi connectivity index (χ4n) is 15.7. The molecule has 488 valence electrons. The van der Waals surface area contributed by atoms with Crippen LogP contribution < -0.4 is 5.46 Å². The standard InChI is InChI=1S/C52H38N2O.C27H29BO2.C10H4Cl2N2O/c1-51(2)43-17-7-5-15-38(43)40-22-19-35(28-45(40)51)32-12-9-11-31(25-32)34-21-24-47-42(27-34)49-50(55-47)48(53-30-54-49)37-14-10-13-33(26-37)36-20-23-41-39-16-6-8-18-44(39)52(3,4)46(41)29-36;1-25(2)23-13-8-7-12-21(23)22-15-14-19(17-24(22)25)18-10-9-11-20(16-18)28-29-26(3,4)27(5,6)30-28;11-5-1-2-7-6(3-5)8-9(15-7)10(12)14-4-13-8/h5-30H,1-4H3;7-17H,1-6H3;1-4H. The lowest BCUT2D eigenvalue weighted by Gasteiger charge is -2.32. The average molecular weight is 1340 g/mol. The van der Waals surface area contributed by atoms with Crippen LogP contribution >= 0.6 is 23.2 Å². The van der Waals surface area contributed by atoms with Crippen molar-refractivity contribution in [1.82, 2.24) is 19.9 Å². The summed E-state index contributed by atoms with van der Waals surface area (Å²) >= 11 is 11.8. The van der Waals surface area contributed by atoms with Crippen LogP contribution in [-0.4, -0.2) is 38.3 Å². The first-order chi connectivity index (χ1) is 48.1. The second kappa shape index (κ2) is 23.4. The molecular weight excluding hydrogens is 1270 g/mol. The maximum Gasteiger partial charge on any atom is 0.494 e. The molecule has 0 amide bonds. The van der Waals surface area contributed by atoms with E-state index in [1.165, 1.54) is 101 Å². The van der Waals surface area contributed by atoms with Crippen LogP contribution in [0.2, 0.25) is 10.2 Å². The normalized spacial score (nSPS) is 15.7. The molecule has 4 aliphatic rings. The van der Waals surface area contributed by atoms with Crippen molar-refractivity contribution in [1.29, 1.82) is 0 Å². The highest BCUT2D eigenvalue weighted by Gasteiger charge is 2.52. The van der Waals surface area contributed by atoms with E-state index in [1.807, 2.05) is 0 Å². The maximum atomic E-state index is 6.55. The van der Waals surface area contributed by atoms with E-state index < -0.39 is 0 Å². The first-order valence-electron chi connectivity index (χ1n) is 34.2. The van der Waals surface area contributed by atoms with E-state index in [2.05, 4.69) is 298 Å². The molecule has 3 aliphatic carbocycles. The Kier molecular flexibility index (Phi) is 14.8. The molecule has 8 nitrogen and oxygen atoms in total. The van der Waals surface area contributed by atoms with E-state index in [4.69, 9.17) is 51.3 Å². The number of benzene rings is 11. The Balaban J connectivity index is 0.000000137. The predicted octanol–water partition coefficient (Wildman–Crippen LogP) is 23.3. The third kappa shape index (κ3) is 10.3. The van der Waals surface area contributed by atoms with Gasteiger partial charge >= 0.3 is 7.12 Å². The van der Waals surface area contributed by atoms with Gasteiger partial charge in [0, 0.05) is 37.6 Å². The lowest BCUT2D eigenvalue weighted by Crippen LogP contribution is -2.41. The SMILES string of the molecule is CC1(C)c2ccccc2-c2ccc(-c3cccc(-c4ccc5oc6c(-c7cccc(-c8ccc9c(c8)C(C)(C)c8ccccc8-9)c7)ncnc6c5c4)c3)cc21.CC1(C)c2ccccc2-c2ccc(-c3cccc(B4OC(C)(C)C(C)(C)O4)c3)cc21.Clc1ccc2oc3c(Cl)ncnc3c2c1. The van der Waals surface area contributed by atoms with Crippen molar-refractivity contribution < 1.29 is 18.1 Å². The van der Waals surface area contributed by atoms with Gasteiger partial charge < -0.3 is 18.1 Å². The van der Waals surface area contributed by atoms with Gasteiger partial charge in [0.25, 0.3) is 0 Å². The minimum absolute atomic E-state index is 0.00523. The van der Waals surface area contributed by atoms with Crippen molar-refractivity contribution in [2.45, 2.75) is 96.7 Å². The number of halogens is 2. The van der Waals surface area contributed by atoms with Crippen LogP contribution in [0.25, 0.3) is 133 Å². The van der Waals surface area contributed by atoms with Crippen LogP contribution in [0.4, 0.5) is 0 Å². The fourth-order valence-corrected chi connectivity index (χ4v) is 16.0. The predicted molar refractivity (Wildman–Crippen MR) is 411 cm³/mol. The van der Waals surface area contributed by atoms with Crippen LogP contribution in [0.3, 0.4) is 0 Å². The highest BCUT2D eigenvalue weighted by Crippen LogP contribution is 2.53. The minimum Gasteiger partial charge on any atom is -0.452 e. The van der Waals surface area contributed by atoms with Crippen molar-refractivity contribution in [2.75, 3.05) is 0 Å². The van der Waals surface area contributed by atoms with Crippen LogP contribution in [0.1, 0.15) is 103 Å². The molecule has 100 heavy (non-hydrogen) atoms. The number of hydrogen-bond donors (Lipinski definition) is 0. The van der Waals surface area contributed by atoms with Crippen molar-refractivity contribution in [3.05, 3.63) is 293 Å². The molecule has 19 rings (SSSR count). The number of nitrogens with zero attached hydrogens (tertiary/aromatic N) is 4. The van der Waals surface area contributed by atoms with Gasteiger partial charge in [-0.15, -0.1) is 0 Å². The highest BCUT2D eigenvalue weighted by molar-refractivity contribution is 6.62. The van der Waals surface area contributed by atoms with Gasteiger partial charge in [0.15, 0.2) is 16.3 Å². The molecule has 4 aromatic heterocycles. The van der Waals surface area contributed by atoms with Crippen LogP contribution in [0.15, 0.2) is 258 Å². The molecular formula is C89H71BCl2N4O4. The third-order valence-electron chi connectivity index (χ3n) is 21.9. The highest BCUT2D eigenvalue weighted by atomic mass is 35.5. The van der Waals surface area contributed by atoms with Crippen LogP contribution in [0, 0.1) is 0 Å². The first-order valence-corrected chi connectivity index (χ1v) is 34.9. The van der Waals surface area contributed by atoms with Crippen molar-refractivity contribution in [3.63, 3.8) is 0 Å². The van der Waals surface area contributed by atoms with E-state index in [0.717, 1.165) is 55.3 Å². The molecule has 0 N–H and O–H groups in total. The maximum absolute atomic E-state index is 6.55. The summed E-state index contributed by atoms with van der Waals surface area (Å²) in [6.07, 6.45) is 3.07. The molecule has 0 unspecified atom stereocenters. The van der Waals surface area contributed by atoms with E-state index in [9.17, 15) is 0 Å². The summed E-state index contributed by atoms with van der Waals surface area (Å²) in [4.78, 5) is 17.5. The van der Waals surface area contributed by atoms with Gasteiger partial charge in [0.2, 0.25) is 0 Å².